The van der Waals surface area contributed by atoms with Gasteiger partial charge in [-0.05, 0) is 69.7 Å². The van der Waals surface area contributed by atoms with Crippen LogP contribution in [0, 0.1) is 25.7 Å². The second-order valence-electron chi connectivity index (χ2n) is 10.1. The van der Waals surface area contributed by atoms with Gasteiger partial charge in [0.15, 0.2) is 0 Å². The lowest BCUT2D eigenvalue weighted by Crippen LogP contribution is -2.26. The molecule has 2 aromatic heterocycles. The number of para-hydroxylation sites is 1. The van der Waals surface area contributed by atoms with Gasteiger partial charge in [-0.15, -0.1) is 0 Å². The number of aryl methyl sites for hydroxylation is 3. The quantitative estimate of drug-likeness (QED) is 0.373. The van der Waals surface area contributed by atoms with Crippen molar-refractivity contribution < 1.29 is 4.42 Å². The second kappa shape index (κ2) is 11.1. The Labute approximate surface area is 199 Å². The van der Waals surface area contributed by atoms with E-state index in [0.717, 1.165) is 65.4 Å². The van der Waals surface area contributed by atoms with Crippen LogP contribution < -0.4 is 10.2 Å². The van der Waals surface area contributed by atoms with Crippen LogP contribution in [0.25, 0.3) is 10.9 Å². The third-order valence-corrected chi connectivity index (χ3v) is 7.17. The molecule has 1 aliphatic carbocycles. The Bertz CT molecular complexity index is 1030. The van der Waals surface area contributed by atoms with Crippen molar-refractivity contribution >= 4 is 16.7 Å². The van der Waals surface area contributed by atoms with Crippen LogP contribution in [0.2, 0.25) is 0 Å². The number of hydrogen-bond acceptors (Lipinski definition) is 5. The molecule has 4 rings (SSSR count). The van der Waals surface area contributed by atoms with Gasteiger partial charge in [0.2, 0.25) is 0 Å². The Morgan fingerprint density at radius 3 is 2.48 bits per heavy atom. The van der Waals surface area contributed by atoms with Crippen molar-refractivity contribution in [1.29, 1.82) is 0 Å². The molecule has 0 atom stereocenters. The molecule has 178 valence electrons. The minimum atomic E-state index is 0.824. The summed E-state index contributed by atoms with van der Waals surface area (Å²) in [6.07, 6.45) is 10.3. The maximum Gasteiger partial charge on any atom is 0.139 e. The fraction of sp³-hybridized carbons (Fsp3) is 0.571. The van der Waals surface area contributed by atoms with E-state index >= 15 is 0 Å². The van der Waals surface area contributed by atoms with Crippen LogP contribution in [0.5, 0.6) is 0 Å². The first-order valence-electron chi connectivity index (χ1n) is 12.7. The molecule has 33 heavy (non-hydrogen) atoms. The summed E-state index contributed by atoms with van der Waals surface area (Å²) in [7, 11) is 4.12. The van der Waals surface area contributed by atoms with E-state index in [-0.39, 0.29) is 0 Å². The molecule has 0 saturated heterocycles. The maximum absolute atomic E-state index is 5.63. The molecule has 0 unspecified atom stereocenters. The number of anilines is 1. The van der Waals surface area contributed by atoms with Crippen molar-refractivity contribution in [3.8, 4) is 0 Å². The van der Waals surface area contributed by atoms with Crippen LogP contribution in [0.3, 0.4) is 0 Å². The van der Waals surface area contributed by atoms with E-state index in [4.69, 9.17) is 14.4 Å². The highest BCUT2D eigenvalue weighted by molar-refractivity contribution is 5.89. The second-order valence-corrected chi connectivity index (χ2v) is 10.1. The lowest BCUT2D eigenvalue weighted by molar-refractivity contribution is 0.252. The predicted molar refractivity (Wildman–Crippen MR) is 137 cm³/mol. The topological polar surface area (TPSA) is 54.2 Å². The van der Waals surface area contributed by atoms with Gasteiger partial charge in [0, 0.05) is 38.0 Å². The molecule has 1 fully saturated rings. The molecule has 0 bridgehead atoms. The average Bonchev–Trinajstić information content (AvgIpc) is 3.13. The van der Waals surface area contributed by atoms with Gasteiger partial charge in [0.1, 0.15) is 23.2 Å². The summed E-state index contributed by atoms with van der Waals surface area (Å²) in [5.41, 5.74) is 2.35. The van der Waals surface area contributed by atoms with Crippen molar-refractivity contribution in [3.05, 3.63) is 53.2 Å². The molecule has 1 N–H and O–H groups in total. The van der Waals surface area contributed by atoms with Gasteiger partial charge in [-0.1, -0.05) is 37.8 Å². The number of rotatable bonds is 10. The number of nitrogens with one attached hydrogen (secondary N) is 1. The van der Waals surface area contributed by atoms with Crippen molar-refractivity contribution in [2.75, 3.05) is 25.5 Å². The zero-order valence-corrected chi connectivity index (χ0v) is 20.9. The molecule has 0 amide bonds. The van der Waals surface area contributed by atoms with Gasteiger partial charge in [0.25, 0.3) is 0 Å². The van der Waals surface area contributed by atoms with E-state index in [9.17, 15) is 0 Å². The summed E-state index contributed by atoms with van der Waals surface area (Å²) in [6, 6.07) is 10.5. The molecular weight excluding hydrogens is 408 g/mol. The van der Waals surface area contributed by atoms with E-state index in [0.29, 0.717) is 0 Å². The first kappa shape index (κ1) is 23.7. The number of hydrogen-bond donors (Lipinski definition) is 1. The predicted octanol–water partition coefficient (Wildman–Crippen LogP) is 6.21. The van der Waals surface area contributed by atoms with E-state index in [1.165, 1.54) is 50.5 Å². The summed E-state index contributed by atoms with van der Waals surface area (Å²) in [5, 5.41) is 4.79. The Morgan fingerprint density at radius 1 is 1.00 bits per heavy atom. The van der Waals surface area contributed by atoms with Crippen LogP contribution in [0.1, 0.15) is 67.9 Å². The molecule has 5 nitrogen and oxygen atoms in total. The highest BCUT2D eigenvalue weighted by Gasteiger charge is 2.21. The number of nitrogens with zero attached hydrogens (tertiary/aromatic N) is 3. The van der Waals surface area contributed by atoms with Crippen LogP contribution in [-0.4, -0.2) is 30.6 Å². The molecule has 1 saturated carbocycles. The number of unbranched alkanes of at least 4 members (excludes halogenated alkanes) is 1. The lowest BCUT2D eigenvalue weighted by atomic mass is 9.79. The summed E-state index contributed by atoms with van der Waals surface area (Å²) in [6.45, 7) is 6.13. The van der Waals surface area contributed by atoms with Crippen LogP contribution in [-0.2, 0) is 13.0 Å². The Hall–Kier alpha value is -2.40. The Morgan fingerprint density at radius 2 is 1.76 bits per heavy atom. The SMILES string of the molecule is Cc1cc(CNCC2CCC(CCCCc3nc(N(C)C)c4ccccc4n3)CC2)c(C)o1. The highest BCUT2D eigenvalue weighted by atomic mass is 16.3. The maximum atomic E-state index is 5.63. The van der Waals surface area contributed by atoms with Crippen molar-refractivity contribution in [1.82, 2.24) is 15.3 Å². The first-order valence-corrected chi connectivity index (χ1v) is 12.7. The van der Waals surface area contributed by atoms with Crippen molar-refractivity contribution in [2.24, 2.45) is 11.8 Å². The number of aromatic nitrogens is 2. The van der Waals surface area contributed by atoms with Crippen molar-refractivity contribution in [3.63, 3.8) is 0 Å². The van der Waals surface area contributed by atoms with Crippen LogP contribution >= 0.6 is 0 Å². The fourth-order valence-corrected chi connectivity index (χ4v) is 5.27. The highest BCUT2D eigenvalue weighted by Crippen LogP contribution is 2.32. The monoisotopic (exact) mass is 448 g/mol. The fourth-order valence-electron chi connectivity index (χ4n) is 5.27. The summed E-state index contributed by atoms with van der Waals surface area (Å²) >= 11 is 0. The van der Waals surface area contributed by atoms with Gasteiger partial charge < -0.3 is 14.6 Å². The summed E-state index contributed by atoms with van der Waals surface area (Å²) in [4.78, 5) is 11.8. The third kappa shape index (κ3) is 6.35. The minimum Gasteiger partial charge on any atom is -0.466 e. The standard InChI is InChI=1S/C28H40N4O/c1-20-17-24(21(2)33-20)19-29-18-23-15-13-22(14-16-23)9-5-8-12-27-30-26-11-7-6-10-25(26)28(31-27)32(3)4/h6-7,10-11,17,22-23,29H,5,8-9,12-16,18-19H2,1-4H3. The molecule has 3 aromatic rings. The number of benzene rings is 1. The normalized spacial score (nSPS) is 18.7. The molecular formula is C28H40N4O. The van der Waals surface area contributed by atoms with Gasteiger partial charge in [-0.3, -0.25) is 0 Å². The molecule has 0 spiro atoms. The average molecular weight is 449 g/mol. The zero-order valence-electron chi connectivity index (χ0n) is 20.9. The Balaban J connectivity index is 1.15. The summed E-state index contributed by atoms with van der Waals surface area (Å²) in [5.74, 6) is 5.79. The number of fused-ring (bicyclic) bond motifs is 1. The zero-order chi connectivity index (χ0) is 23.2. The molecule has 0 radical (unpaired) electrons. The smallest absolute Gasteiger partial charge is 0.139 e. The molecule has 1 aliphatic rings. The molecule has 1 aromatic carbocycles. The molecule has 2 heterocycles. The minimum absolute atomic E-state index is 0.824. The first-order chi connectivity index (χ1) is 16.0. The summed E-state index contributed by atoms with van der Waals surface area (Å²) < 4.78 is 5.63. The van der Waals surface area contributed by atoms with E-state index in [1.54, 1.807) is 0 Å². The van der Waals surface area contributed by atoms with E-state index < -0.39 is 0 Å². The molecule has 0 aliphatic heterocycles. The largest absolute Gasteiger partial charge is 0.466 e. The third-order valence-electron chi connectivity index (χ3n) is 7.17. The van der Waals surface area contributed by atoms with Gasteiger partial charge in [0.05, 0.1) is 5.52 Å². The van der Waals surface area contributed by atoms with Crippen LogP contribution in [0.15, 0.2) is 34.7 Å². The van der Waals surface area contributed by atoms with E-state index in [2.05, 4.69) is 61.6 Å². The lowest BCUT2D eigenvalue weighted by Gasteiger charge is -2.28. The Kier molecular flexibility index (Phi) is 8.02. The van der Waals surface area contributed by atoms with Gasteiger partial charge in [-0.25, -0.2) is 9.97 Å². The number of furan rings is 1. The van der Waals surface area contributed by atoms with Crippen molar-refractivity contribution in [2.45, 2.75) is 71.8 Å². The molecule has 5 heteroatoms. The van der Waals surface area contributed by atoms with Crippen LogP contribution in [0.4, 0.5) is 5.82 Å². The van der Waals surface area contributed by atoms with E-state index in [1.807, 2.05) is 6.92 Å². The van der Waals surface area contributed by atoms with Gasteiger partial charge >= 0.3 is 0 Å². The van der Waals surface area contributed by atoms with Gasteiger partial charge in [-0.2, -0.15) is 0 Å².